The predicted octanol–water partition coefficient (Wildman–Crippen LogP) is 2.23. The second-order valence-electron chi connectivity index (χ2n) is 4.25. The van der Waals surface area contributed by atoms with Gasteiger partial charge in [-0.1, -0.05) is 15.9 Å². The number of aromatic nitrogens is 4. The molecule has 3 aromatic rings. The Balaban J connectivity index is 1.87. The Morgan fingerprint density at radius 2 is 2.19 bits per heavy atom. The average Bonchev–Trinajstić information content (AvgIpc) is 2.49. The molecule has 0 unspecified atom stereocenters. The highest BCUT2D eigenvalue weighted by Crippen LogP contribution is 2.16. The molecule has 0 aliphatic rings. The summed E-state index contributed by atoms with van der Waals surface area (Å²) in [7, 11) is 0. The molecule has 0 atom stereocenters. The Labute approximate surface area is 126 Å². The van der Waals surface area contributed by atoms with Crippen LogP contribution < -0.4 is 10.9 Å². The standard InChI is InChI=1S/C13H9BrFN5O/c14-8-1-2-9(15)7(3-8)4-16-10-5-17-12-11(20-10)13(21)19-6-18-12/h1-3,5-6H,4H2,(H,16,20)(H,17,18,19,21). The van der Waals surface area contributed by atoms with Gasteiger partial charge in [0, 0.05) is 16.6 Å². The van der Waals surface area contributed by atoms with Crippen molar-refractivity contribution in [3.05, 3.63) is 56.9 Å². The van der Waals surface area contributed by atoms with E-state index in [0.29, 0.717) is 11.4 Å². The highest BCUT2D eigenvalue weighted by atomic mass is 79.9. The van der Waals surface area contributed by atoms with Crippen LogP contribution in [0.4, 0.5) is 10.2 Å². The van der Waals surface area contributed by atoms with Crippen LogP contribution in [0.3, 0.4) is 0 Å². The van der Waals surface area contributed by atoms with Crippen molar-refractivity contribution in [3.63, 3.8) is 0 Å². The fourth-order valence-electron chi connectivity index (χ4n) is 1.80. The Kier molecular flexibility index (Phi) is 3.61. The number of anilines is 1. The fraction of sp³-hybridized carbons (Fsp3) is 0.0769. The van der Waals surface area contributed by atoms with Gasteiger partial charge in [0.1, 0.15) is 11.6 Å². The molecule has 0 aliphatic carbocycles. The van der Waals surface area contributed by atoms with Gasteiger partial charge < -0.3 is 10.3 Å². The number of aromatic amines is 1. The molecule has 106 valence electrons. The van der Waals surface area contributed by atoms with Crippen molar-refractivity contribution < 1.29 is 4.39 Å². The number of fused-ring (bicyclic) bond motifs is 1. The number of hydrogen-bond donors (Lipinski definition) is 2. The van der Waals surface area contributed by atoms with Gasteiger partial charge in [0.2, 0.25) is 0 Å². The van der Waals surface area contributed by atoms with Gasteiger partial charge in [0.25, 0.3) is 5.56 Å². The lowest BCUT2D eigenvalue weighted by Crippen LogP contribution is -2.11. The Bertz CT molecular complexity index is 867. The third kappa shape index (κ3) is 2.89. The quantitative estimate of drug-likeness (QED) is 0.757. The first-order chi connectivity index (χ1) is 10.1. The lowest BCUT2D eigenvalue weighted by Gasteiger charge is -2.07. The lowest BCUT2D eigenvalue weighted by molar-refractivity contribution is 0.612. The summed E-state index contributed by atoms with van der Waals surface area (Å²) in [5.74, 6) is 0.0549. The molecule has 3 rings (SSSR count). The van der Waals surface area contributed by atoms with Gasteiger partial charge in [0.15, 0.2) is 11.2 Å². The molecule has 21 heavy (non-hydrogen) atoms. The van der Waals surface area contributed by atoms with E-state index >= 15 is 0 Å². The van der Waals surface area contributed by atoms with E-state index in [9.17, 15) is 9.18 Å². The predicted molar refractivity (Wildman–Crippen MR) is 79.4 cm³/mol. The zero-order valence-corrected chi connectivity index (χ0v) is 12.2. The SMILES string of the molecule is O=c1[nH]cnc2ncc(NCc3cc(Br)ccc3F)nc12. The molecule has 0 amide bonds. The van der Waals surface area contributed by atoms with Gasteiger partial charge in [-0.2, -0.15) is 0 Å². The maximum absolute atomic E-state index is 13.6. The van der Waals surface area contributed by atoms with Crippen molar-refractivity contribution in [3.8, 4) is 0 Å². The van der Waals surface area contributed by atoms with Crippen molar-refractivity contribution in [2.75, 3.05) is 5.32 Å². The van der Waals surface area contributed by atoms with Crippen LogP contribution >= 0.6 is 15.9 Å². The number of benzene rings is 1. The zero-order chi connectivity index (χ0) is 14.8. The van der Waals surface area contributed by atoms with Crippen LogP contribution in [0.2, 0.25) is 0 Å². The van der Waals surface area contributed by atoms with E-state index in [1.165, 1.54) is 18.6 Å². The van der Waals surface area contributed by atoms with E-state index in [2.05, 4.69) is 41.2 Å². The molecular weight excluding hydrogens is 341 g/mol. The lowest BCUT2D eigenvalue weighted by atomic mass is 10.2. The van der Waals surface area contributed by atoms with Gasteiger partial charge in [-0.25, -0.2) is 19.3 Å². The second kappa shape index (κ2) is 5.57. The Morgan fingerprint density at radius 1 is 1.33 bits per heavy atom. The number of rotatable bonds is 3. The number of halogens is 2. The minimum atomic E-state index is -0.371. The molecule has 0 saturated heterocycles. The summed E-state index contributed by atoms with van der Waals surface area (Å²) in [5, 5.41) is 2.93. The molecule has 2 aromatic heterocycles. The van der Waals surface area contributed by atoms with Crippen LogP contribution in [0, 0.1) is 5.82 Å². The van der Waals surface area contributed by atoms with Gasteiger partial charge in [-0.3, -0.25) is 4.79 Å². The third-order valence-corrected chi connectivity index (χ3v) is 3.31. The van der Waals surface area contributed by atoms with Gasteiger partial charge in [-0.15, -0.1) is 0 Å². The molecule has 8 heteroatoms. The van der Waals surface area contributed by atoms with E-state index in [1.807, 2.05) is 0 Å². The molecule has 0 fully saturated rings. The molecule has 2 N–H and O–H groups in total. The number of nitrogens with zero attached hydrogens (tertiary/aromatic N) is 3. The first-order valence-corrected chi connectivity index (χ1v) is 6.81. The topological polar surface area (TPSA) is 83.6 Å². The van der Waals surface area contributed by atoms with Crippen molar-refractivity contribution in [1.29, 1.82) is 0 Å². The van der Waals surface area contributed by atoms with Crippen molar-refractivity contribution >= 4 is 32.9 Å². The average molecular weight is 350 g/mol. The number of H-pyrrole nitrogens is 1. The monoisotopic (exact) mass is 349 g/mol. The second-order valence-corrected chi connectivity index (χ2v) is 5.16. The van der Waals surface area contributed by atoms with Crippen molar-refractivity contribution in [2.45, 2.75) is 6.54 Å². The smallest absolute Gasteiger partial charge is 0.278 e. The molecule has 0 spiro atoms. The number of nitrogens with one attached hydrogen (secondary N) is 2. The zero-order valence-electron chi connectivity index (χ0n) is 10.6. The summed E-state index contributed by atoms with van der Waals surface area (Å²) in [6.07, 6.45) is 2.72. The van der Waals surface area contributed by atoms with Gasteiger partial charge in [-0.05, 0) is 18.2 Å². The van der Waals surface area contributed by atoms with Crippen LogP contribution in [0.1, 0.15) is 5.56 Å². The minimum Gasteiger partial charge on any atom is -0.365 e. The van der Waals surface area contributed by atoms with Crippen LogP contribution in [-0.4, -0.2) is 19.9 Å². The third-order valence-electron chi connectivity index (χ3n) is 2.82. The normalized spacial score (nSPS) is 10.8. The maximum atomic E-state index is 13.6. The van der Waals surface area contributed by atoms with E-state index in [-0.39, 0.29) is 29.1 Å². The highest BCUT2D eigenvalue weighted by molar-refractivity contribution is 9.10. The first-order valence-electron chi connectivity index (χ1n) is 6.02. The molecule has 0 bridgehead atoms. The fourth-order valence-corrected chi connectivity index (χ4v) is 2.21. The molecular formula is C13H9BrFN5O. The van der Waals surface area contributed by atoms with E-state index < -0.39 is 0 Å². The highest BCUT2D eigenvalue weighted by Gasteiger charge is 2.06. The summed E-state index contributed by atoms with van der Waals surface area (Å²) in [4.78, 5) is 26.1. The summed E-state index contributed by atoms with van der Waals surface area (Å²) in [6.45, 7) is 0.226. The molecule has 0 aliphatic heterocycles. The summed E-state index contributed by atoms with van der Waals surface area (Å²) in [6, 6.07) is 4.67. The largest absolute Gasteiger partial charge is 0.365 e. The molecule has 6 nitrogen and oxygen atoms in total. The minimum absolute atomic E-state index is 0.136. The van der Waals surface area contributed by atoms with Crippen LogP contribution in [0.5, 0.6) is 0 Å². The van der Waals surface area contributed by atoms with Crippen molar-refractivity contribution in [1.82, 2.24) is 19.9 Å². The molecule has 0 saturated carbocycles. The van der Waals surface area contributed by atoms with E-state index in [0.717, 1.165) is 4.47 Å². The number of hydrogen-bond acceptors (Lipinski definition) is 5. The Hall–Kier alpha value is -2.35. The van der Waals surface area contributed by atoms with Crippen LogP contribution in [-0.2, 0) is 6.54 Å². The van der Waals surface area contributed by atoms with Gasteiger partial charge in [0.05, 0.1) is 12.5 Å². The summed E-state index contributed by atoms with van der Waals surface area (Å²) >= 11 is 3.29. The summed E-state index contributed by atoms with van der Waals surface area (Å²) < 4.78 is 14.4. The van der Waals surface area contributed by atoms with Crippen LogP contribution in [0.15, 0.2) is 40.0 Å². The van der Waals surface area contributed by atoms with E-state index in [4.69, 9.17) is 0 Å². The molecule has 1 aromatic carbocycles. The molecule has 0 radical (unpaired) electrons. The summed E-state index contributed by atoms with van der Waals surface area (Å²) in [5.41, 5.74) is 0.506. The maximum Gasteiger partial charge on any atom is 0.278 e. The molecule has 2 heterocycles. The first kappa shape index (κ1) is 13.6. The van der Waals surface area contributed by atoms with Gasteiger partial charge >= 0.3 is 0 Å². The van der Waals surface area contributed by atoms with Crippen LogP contribution in [0.25, 0.3) is 11.2 Å². The van der Waals surface area contributed by atoms with Crippen molar-refractivity contribution in [2.24, 2.45) is 0 Å². The van der Waals surface area contributed by atoms with E-state index in [1.54, 1.807) is 12.1 Å². The Morgan fingerprint density at radius 3 is 3.05 bits per heavy atom.